The van der Waals surface area contributed by atoms with E-state index in [-0.39, 0.29) is 33.8 Å². The Labute approximate surface area is 227 Å². The summed E-state index contributed by atoms with van der Waals surface area (Å²) in [5.41, 5.74) is 2.78. The lowest BCUT2D eigenvalue weighted by Gasteiger charge is -2.13. The predicted octanol–water partition coefficient (Wildman–Crippen LogP) is 9.51. The average Bonchev–Trinajstić information content (AvgIpc) is 3.54. The van der Waals surface area contributed by atoms with Gasteiger partial charge in [0.1, 0.15) is 0 Å². The van der Waals surface area contributed by atoms with Crippen molar-refractivity contribution in [1.82, 2.24) is 0 Å². The Morgan fingerprint density at radius 1 is 0.667 bits per heavy atom. The molecule has 184 valence electrons. The van der Waals surface area contributed by atoms with E-state index in [4.69, 9.17) is 64.7 Å². The molecular formula is C26H18Cl4N2O4. The largest absolute Gasteiger partial charge is 0.461 e. The zero-order valence-corrected chi connectivity index (χ0v) is 22.0. The summed E-state index contributed by atoms with van der Waals surface area (Å²) in [6.45, 7) is 3.83. The molecule has 4 rings (SSSR count). The van der Waals surface area contributed by atoms with Crippen molar-refractivity contribution in [2.24, 2.45) is 9.98 Å². The molecule has 6 nitrogen and oxygen atoms in total. The second-order valence-electron chi connectivity index (χ2n) is 7.46. The zero-order chi connectivity index (χ0) is 25.7. The molecule has 0 aliphatic heterocycles. The maximum atomic E-state index is 6.37. The monoisotopic (exact) mass is 562 g/mol. The van der Waals surface area contributed by atoms with Crippen molar-refractivity contribution >= 4 is 80.0 Å². The molecule has 0 saturated heterocycles. The summed E-state index contributed by atoms with van der Waals surface area (Å²) < 4.78 is 22.9. The van der Waals surface area contributed by atoms with Crippen molar-refractivity contribution in [2.75, 3.05) is 0 Å². The molecule has 0 N–H and O–H groups in total. The number of hydrogen-bond acceptors (Lipinski definition) is 6. The Morgan fingerprint density at radius 3 is 1.42 bits per heavy atom. The number of aryl methyl sites for hydroxylation is 2. The van der Waals surface area contributed by atoms with Crippen molar-refractivity contribution in [3.05, 3.63) is 106 Å². The number of aliphatic imine (C=N–C) groups is 2. The molecule has 0 spiro atoms. The Morgan fingerprint density at radius 2 is 1.08 bits per heavy atom. The topological polar surface area (TPSA) is 69.5 Å². The van der Waals surface area contributed by atoms with E-state index < -0.39 is 0 Å². The lowest BCUT2D eigenvalue weighted by molar-refractivity contribution is 0.424. The Balaban J connectivity index is 1.76. The number of ether oxygens (including phenoxy) is 2. The van der Waals surface area contributed by atoms with Gasteiger partial charge >= 0.3 is 0 Å². The Hall–Kier alpha value is -3.16. The van der Waals surface area contributed by atoms with Crippen LogP contribution in [0.5, 0.6) is 0 Å². The quantitative estimate of drug-likeness (QED) is 0.133. The standard InChI is InChI=1S/C26H18Cl4N2O4/c1-15-7-9-19(17(27)13-15)31-25(29)35-23(21-5-3-11-33-21)24(22-6-4-12-34-22)36-26(30)32-20-10-8-16(2)14-18(20)28/h3-14H,1-2H3/b24-23+,31-25?,32-26?. The lowest BCUT2D eigenvalue weighted by Crippen LogP contribution is -2.04. The van der Waals surface area contributed by atoms with Gasteiger partial charge in [0, 0.05) is 0 Å². The average molecular weight is 564 g/mol. The Bertz CT molecular complexity index is 1330. The normalized spacial score (nSPS) is 12.9. The van der Waals surface area contributed by atoms with E-state index in [2.05, 4.69) is 9.98 Å². The first kappa shape index (κ1) is 25.9. The van der Waals surface area contributed by atoms with Crippen LogP contribution in [0.3, 0.4) is 0 Å². The number of nitrogens with zero attached hydrogens (tertiary/aromatic N) is 2. The molecule has 0 aliphatic carbocycles. The minimum atomic E-state index is -0.255. The molecule has 2 aromatic heterocycles. The van der Waals surface area contributed by atoms with Crippen molar-refractivity contribution in [1.29, 1.82) is 0 Å². The van der Waals surface area contributed by atoms with Crippen LogP contribution in [0.2, 0.25) is 10.0 Å². The number of halogens is 4. The van der Waals surface area contributed by atoms with E-state index in [9.17, 15) is 0 Å². The molecule has 0 unspecified atom stereocenters. The van der Waals surface area contributed by atoms with E-state index in [1.165, 1.54) is 12.5 Å². The van der Waals surface area contributed by atoms with Crippen LogP contribution in [0.4, 0.5) is 11.4 Å². The van der Waals surface area contributed by atoms with Gasteiger partial charge in [0.05, 0.1) is 33.9 Å². The van der Waals surface area contributed by atoms with Crippen LogP contribution in [0.1, 0.15) is 22.6 Å². The summed E-state index contributed by atoms with van der Waals surface area (Å²) >= 11 is 25.3. The van der Waals surface area contributed by atoms with Gasteiger partial charge in [-0.15, -0.1) is 0 Å². The van der Waals surface area contributed by atoms with Crippen LogP contribution in [-0.2, 0) is 9.47 Å². The summed E-state index contributed by atoms with van der Waals surface area (Å²) in [5.74, 6) is 0.607. The van der Waals surface area contributed by atoms with Crippen molar-refractivity contribution in [2.45, 2.75) is 13.8 Å². The molecule has 0 aliphatic rings. The highest BCUT2D eigenvalue weighted by atomic mass is 35.5. The lowest BCUT2D eigenvalue weighted by atomic mass is 10.2. The predicted molar refractivity (Wildman–Crippen MR) is 145 cm³/mol. The van der Waals surface area contributed by atoms with E-state index in [0.29, 0.717) is 21.4 Å². The fourth-order valence-corrected chi connectivity index (χ4v) is 3.93. The Kier molecular flexibility index (Phi) is 8.44. The number of furan rings is 2. The fourth-order valence-electron chi connectivity index (χ4n) is 3.04. The van der Waals surface area contributed by atoms with Gasteiger partial charge in [0.25, 0.3) is 10.7 Å². The minimum absolute atomic E-state index is 0.0373. The first-order valence-electron chi connectivity index (χ1n) is 10.5. The van der Waals surface area contributed by atoms with Crippen molar-refractivity contribution in [3.63, 3.8) is 0 Å². The molecule has 4 aromatic rings. The van der Waals surface area contributed by atoms with Crippen LogP contribution in [-0.4, -0.2) is 10.7 Å². The first-order chi connectivity index (χ1) is 17.3. The van der Waals surface area contributed by atoms with Gasteiger partial charge in [0.2, 0.25) is 11.5 Å². The molecule has 2 aromatic carbocycles. The van der Waals surface area contributed by atoms with Gasteiger partial charge in [-0.25, -0.2) is 9.98 Å². The van der Waals surface area contributed by atoms with Crippen LogP contribution >= 0.6 is 46.4 Å². The number of hydrogen-bond donors (Lipinski definition) is 0. The third kappa shape index (κ3) is 6.53. The second-order valence-corrected chi connectivity index (χ2v) is 8.92. The summed E-state index contributed by atoms with van der Waals surface area (Å²) in [4.78, 5) is 8.53. The highest BCUT2D eigenvalue weighted by Crippen LogP contribution is 2.33. The summed E-state index contributed by atoms with van der Waals surface area (Å²) in [7, 11) is 0. The summed E-state index contributed by atoms with van der Waals surface area (Å²) in [6.07, 6.45) is 2.92. The molecule has 0 saturated carbocycles. The molecule has 2 heterocycles. The molecule has 0 bridgehead atoms. The van der Waals surface area contributed by atoms with Gasteiger partial charge in [-0.05, 0) is 96.7 Å². The van der Waals surface area contributed by atoms with Crippen molar-refractivity contribution in [3.8, 4) is 0 Å². The highest BCUT2D eigenvalue weighted by molar-refractivity contribution is 6.64. The van der Waals surface area contributed by atoms with Gasteiger partial charge in [-0.3, -0.25) is 0 Å². The minimum Gasteiger partial charge on any atom is -0.461 e. The molecule has 36 heavy (non-hydrogen) atoms. The maximum absolute atomic E-state index is 6.37. The van der Waals surface area contributed by atoms with Crippen LogP contribution in [0.25, 0.3) is 11.5 Å². The van der Waals surface area contributed by atoms with Crippen molar-refractivity contribution < 1.29 is 18.3 Å². The smallest absolute Gasteiger partial charge is 0.293 e. The highest BCUT2D eigenvalue weighted by Gasteiger charge is 2.23. The van der Waals surface area contributed by atoms with Crippen LogP contribution in [0, 0.1) is 13.8 Å². The first-order valence-corrected chi connectivity index (χ1v) is 12.0. The van der Waals surface area contributed by atoms with E-state index in [1.54, 1.807) is 48.5 Å². The SMILES string of the molecule is Cc1ccc(N=C(Cl)O/C(=C(/OC(Cl)=Nc2ccc(C)cc2Cl)c2ccco2)c2ccco2)c(Cl)c1. The molecule has 0 fully saturated rings. The number of benzene rings is 2. The van der Waals surface area contributed by atoms with Gasteiger partial charge in [-0.1, -0.05) is 35.3 Å². The third-order valence-electron chi connectivity index (χ3n) is 4.69. The van der Waals surface area contributed by atoms with Gasteiger partial charge in [0.15, 0.2) is 11.5 Å². The summed E-state index contributed by atoms with van der Waals surface area (Å²) in [5, 5.41) is 0.310. The van der Waals surface area contributed by atoms with Crippen LogP contribution < -0.4 is 0 Å². The molecule has 0 atom stereocenters. The molecule has 0 radical (unpaired) electrons. The fraction of sp³-hybridized carbons (Fsp3) is 0.0769. The second kappa shape index (κ2) is 11.7. The van der Waals surface area contributed by atoms with E-state index in [0.717, 1.165) is 11.1 Å². The zero-order valence-electron chi connectivity index (χ0n) is 19.0. The summed E-state index contributed by atoms with van der Waals surface area (Å²) in [6, 6.07) is 17.3. The van der Waals surface area contributed by atoms with E-state index in [1.807, 2.05) is 26.0 Å². The third-order valence-corrected chi connectivity index (χ3v) is 5.62. The molecular weight excluding hydrogens is 546 g/mol. The van der Waals surface area contributed by atoms with E-state index >= 15 is 0 Å². The van der Waals surface area contributed by atoms with Gasteiger partial charge < -0.3 is 18.3 Å². The number of rotatable bonds is 6. The van der Waals surface area contributed by atoms with Crippen LogP contribution in [0.15, 0.2) is 92.0 Å². The molecule has 10 heteroatoms. The molecule has 0 amide bonds. The van der Waals surface area contributed by atoms with Gasteiger partial charge in [-0.2, -0.15) is 0 Å². The maximum Gasteiger partial charge on any atom is 0.293 e.